The summed E-state index contributed by atoms with van der Waals surface area (Å²) >= 11 is 6.16. The quantitative estimate of drug-likeness (QED) is 0.636. The minimum atomic E-state index is 0. The highest BCUT2D eigenvalue weighted by Crippen LogP contribution is 2.28. The highest BCUT2D eigenvalue weighted by Gasteiger charge is 2.16. The molecule has 0 spiro atoms. The van der Waals surface area contributed by atoms with E-state index in [4.69, 9.17) is 17.3 Å². The first-order chi connectivity index (χ1) is 7.16. The van der Waals surface area contributed by atoms with Gasteiger partial charge in [-0.15, -0.1) is 0 Å². The van der Waals surface area contributed by atoms with Crippen LogP contribution in [-0.2, 0) is 0 Å². The average Bonchev–Trinajstić information content (AvgIpc) is 2.20. The fourth-order valence-corrected chi connectivity index (χ4v) is 2.14. The van der Waals surface area contributed by atoms with Gasteiger partial charge >= 0.3 is 0 Å². The lowest BCUT2D eigenvalue weighted by atomic mass is 10.2. The first-order valence-electron chi connectivity index (χ1n) is 5.15. The van der Waals surface area contributed by atoms with Gasteiger partial charge in [-0.25, -0.2) is 0 Å². The molecule has 1 aliphatic heterocycles. The Kier molecular flexibility index (Phi) is 4.71. The fraction of sp³-hybridized carbons (Fsp3) is 0.455. The van der Waals surface area contributed by atoms with Crippen LogP contribution in [0.1, 0.15) is 0 Å². The Balaban J connectivity index is 0.00000128. The fourth-order valence-electron chi connectivity index (χ4n) is 1.83. The molecule has 3 nitrogen and oxygen atoms in total. The number of nitrogen functional groups attached to an aromatic ring is 1. The van der Waals surface area contributed by atoms with Crippen LogP contribution in [0, 0.1) is 0 Å². The van der Waals surface area contributed by atoms with Gasteiger partial charge in [-0.3, -0.25) is 0 Å². The van der Waals surface area contributed by atoms with Gasteiger partial charge in [0.15, 0.2) is 0 Å². The zero-order valence-electron chi connectivity index (χ0n) is 9.29. The van der Waals surface area contributed by atoms with E-state index in [1.165, 1.54) is 0 Å². The third kappa shape index (κ3) is 2.94. The minimum Gasteiger partial charge on any atom is -1.00 e. The van der Waals surface area contributed by atoms with Gasteiger partial charge in [0.05, 0.1) is 10.7 Å². The maximum Gasteiger partial charge on any atom is 0.0660 e. The van der Waals surface area contributed by atoms with Crippen LogP contribution in [0.15, 0.2) is 18.2 Å². The zero-order chi connectivity index (χ0) is 10.8. The molecule has 5 heteroatoms. The number of nitrogens with two attached hydrogens (primary N) is 1. The van der Waals surface area contributed by atoms with Crippen molar-refractivity contribution in [3.05, 3.63) is 23.2 Å². The summed E-state index contributed by atoms with van der Waals surface area (Å²) in [4.78, 5) is 4.63. The molecule has 1 fully saturated rings. The summed E-state index contributed by atoms with van der Waals surface area (Å²) in [6.45, 7) is 4.22. The third-order valence-electron chi connectivity index (χ3n) is 2.82. The lowest BCUT2D eigenvalue weighted by molar-refractivity contribution is -0.00000302. The van der Waals surface area contributed by atoms with Crippen molar-refractivity contribution in [1.82, 2.24) is 4.90 Å². The molecule has 1 aliphatic rings. The SMILES string of the molecule is CN1CCN(c2ccc(N)cc2Cl)CC1.[Cl-]. The standard InChI is InChI=1S/C11H16ClN3.ClH/c1-14-4-6-15(7-5-14)11-3-2-9(13)8-10(11)12;/h2-3,8H,4-7,13H2,1H3;1H/p-1. The molecule has 0 aromatic heterocycles. The van der Waals surface area contributed by atoms with Crippen molar-refractivity contribution in [2.75, 3.05) is 43.9 Å². The molecular weight excluding hydrogens is 245 g/mol. The van der Waals surface area contributed by atoms with Gasteiger partial charge in [-0.2, -0.15) is 0 Å². The molecule has 90 valence electrons. The Morgan fingerprint density at radius 3 is 2.38 bits per heavy atom. The minimum absolute atomic E-state index is 0. The number of nitrogens with zero attached hydrogens (tertiary/aromatic N) is 2. The molecule has 1 aromatic carbocycles. The maximum atomic E-state index is 6.16. The number of hydrogen-bond acceptors (Lipinski definition) is 3. The van der Waals surface area contributed by atoms with Crippen molar-refractivity contribution in [1.29, 1.82) is 0 Å². The monoisotopic (exact) mass is 260 g/mol. The average molecular weight is 261 g/mol. The molecule has 0 saturated carbocycles. The second kappa shape index (κ2) is 5.62. The van der Waals surface area contributed by atoms with Crippen LogP contribution >= 0.6 is 11.6 Å². The summed E-state index contributed by atoms with van der Waals surface area (Å²) < 4.78 is 0. The molecule has 0 amide bonds. The Labute approximate surface area is 108 Å². The van der Waals surface area contributed by atoms with E-state index >= 15 is 0 Å². The van der Waals surface area contributed by atoms with Crippen molar-refractivity contribution in [2.45, 2.75) is 0 Å². The third-order valence-corrected chi connectivity index (χ3v) is 3.12. The second-order valence-electron chi connectivity index (χ2n) is 4.00. The van der Waals surface area contributed by atoms with Gasteiger partial charge in [0, 0.05) is 31.9 Å². The normalized spacial score (nSPS) is 17.0. The molecule has 0 bridgehead atoms. The van der Waals surface area contributed by atoms with Gasteiger partial charge in [0.2, 0.25) is 0 Å². The predicted octanol–water partition coefficient (Wildman–Crippen LogP) is -1.32. The van der Waals surface area contributed by atoms with Crippen LogP contribution in [0.3, 0.4) is 0 Å². The van der Waals surface area contributed by atoms with E-state index < -0.39 is 0 Å². The molecule has 1 saturated heterocycles. The van der Waals surface area contributed by atoms with E-state index in [9.17, 15) is 0 Å². The Morgan fingerprint density at radius 1 is 1.19 bits per heavy atom. The molecule has 0 radical (unpaired) electrons. The van der Waals surface area contributed by atoms with Crippen LogP contribution in [0.2, 0.25) is 5.02 Å². The van der Waals surface area contributed by atoms with Gasteiger partial charge in [0.1, 0.15) is 0 Å². The largest absolute Gasteiger partial charge is 1.00 e. The summed E-state index contributed by atoms with van der Waals surface area (Å²) in [6, 6.07) is 5.72. The van der Waals surface area contributed by atoms with Crippen molar-refractivity contribution in [3.8, 4) is 0 Å². The van der Waals surface area contributed by atoms with Crippen LogP contribution in [-0.4, -0.2) is 38.1 Å². The highest BCUT2D eigenvalue weighted by molar-refractivity contribution is 6.33. The smallest absolute Gasteiger partial charge is 0.0660 e. The maximum absolute atomic E-state index is 6.16. The molecular formula is C11H16Cl2N3-. The molecule has 2 rings (SSSR count). The molecule has 1 heterocycles. The Morgan fingerprint density at radius 2 is 1.81 bits per heavy atom. The number of rotatable bonds is 1. The predicted molar refractivity (Wildman–Crippen MR) is 65.6 cm³/mol. The van der Waals surface area contributed by atoms with Gasteiger partial charge in [-0.05, 0) is 25.2 Å². The number of benzene rings is 1. The summed E-state index contributed by atoms with van der Waals surface area (Å²) in [5.74, 6) is 0. The van der Waals surface area contributed by atoms with Gasteiger partial charge in [-0.1, -0.05) is 11.6 Å². The van der Waals surface area contributed by atoms with Crippen molar-refractivity contribution in [2.24, 2.45) is 0 Å². The first-order valence-corrected chi connectivity index (χ1v) is 5.53. The van der Waals surface area contributed by atoms with E-state index in [1.807, 2.05) is 18.2 Å². The summed E-state index contributed by atoms with van der Waals surface area (Å²) in [7, 11) is 2.14. The summed E-state index contributed by atoms with van der Waals surface area (Å²) in [6.07, 6.45) is 0. The van der Waals surface area contributed by atoms with E-state index in [1.54, 1.807) is 0 Å². The Hall–Kier alpha value is -0.640. The van der Waals surface area contributed by atoms with Crippen molar-refractivity contribution >= 4 is 23.0 Å². The summed E-state index contributed by atoms with van der Waals surface area (Å²) in [5, 5.41) is 0.750. The van der Waals surface area contributed by atoms with E-state index in [0.29, 0.717) is 0 Å². The Bertz CT molecular complexity index is 349. The molecule has 2 N–H and O–H groups in total. The highest BCUT2D eigenvalue weighted by atomic mass is 35.5. The second-order valence-corrected chi connectivity index (χ2v) is 4.41. The molecule has 0 atom stereocenters. The van der Waals surface area contributed by atoms with E-state index in [2.05, 4.69) is 16.8 Å². The van der Waals surface area contributed by atoms with E-state index in [-0.39, 0.29) is 12.4 Å². The van der Waals surface area contributed by atoms with Crippen LogP contribution < -0.4 is 23.0 Å². The topological polar surface area (TPSA) is 32.5 Å². The molecule has 1 aromatic rings. The number of likely N-dealkylation sites (N-methyl/N-ethyl adjacent to an activating group) is 1. The summed E-state index contributed by atoms with van der Waals surface area (Å²) in [5.41, 5.74) is 7.48. The van der Waals surface area contributed by atoms with Crippen LogP contribution in [0.25, 0.3) is 0 Å². The molecule has 0 unspecified atom stereocenters. The number of piperazine rings is 1. The van der Waals surface area contributed by atoms with Crippen LogP contribution in [0.5, 0.6) is 0 Å². The molecule has 0 aliphatic carbocycles. The molecule has 16 heavy (non-hydrogen) atoms. The lowest BCUT2D eigenvalue weighted by Crippen LogP contribution is -3.00. The number of anilines is 2. The van der Waals surface area contributed by atoms with Crippen molar-refractivity contribution < 1.29 is 12.4 Å². The zero-order valence-corrected chi connectivity index (χ0v) is 10.8. The number of halogens is 2. The van der Waals surface area contributed by atoms with Gasteiger partial charge < -0.3 is 27.9 Å². The van der Waals surface area contributed by atoms with Gasteiger partial charge in [0.25, 0.3) is 0 Å². The first kappa shape index (κ1) is 13.4. The van der Waals surface area contributed by atoms with E-state index in [0.717, 1.165) is 42.6 Å². The van der Waals surface area contributed by atoms with Crippen molar-refractivity contribution in [3.63, 3.8) is 0 Å². The lowest BCUT2D eigenvalue weighted by Gasteiger charge is -2.34. The van der Waals surface area contributed by atoms with Crippen LogP contribution in [0.4, 0.5) is 11.4 Å². The number of hydrogen-bond donors (Lipinski definition) is 1.